The Morgan fingerprint density at radius 2 is 1.96 bits per heavy atom. The summed E-state index contributed by atoms with van der Waals surface area (Å²) in [5.41, 5.74) is -0.524. The average molecular weight is 413 g/mol. The maximum atomic E-state index is 12.2. The molecule has 3 saturated heterocycles. The second-order valence-electron chi connectivity index (χ2n) is 5.69. The van der Waals surface area contributed by atoms with Crippen LogP contribution in [0.2, 0.25) is 10.0 Å². The molecule has 0 aromatic heterocycles. The van der Waals surface area contributed by atoms with E-state index in [9.17, 15) is 4.79 Å². The van der Waals surface area contributed by atoms with Crippen molar-refractivity contribution < 1.29 is 27.8 Å². The quantitative estimate of drug-likeness (QED) is 0.540. The second-order valence-corrected chi connectivity index (χ2v) is 9.48. The lowest BCUT2D eigenvalue weighted by molar-refractivity contribution is -0.164. The highest BCUT2D eigenvalue weighted by molar-refractivity contribution is 8.07. The standard InChI is InChI=1S/C14H15Cl2O6PS/c1-9(22-11-4-2-3-10(15)12(11)16)13(17)18-5-14-6-19-23(24,20-7-14)21-8-14/h2-4,9H,5-8H2,1H3. The third-order valence-electron chi connectivity index (χ3n) is 3.66. The van der Waals surface area contributed by atoms with Gasteiger partial charge in [-0.2, -0.15) is 0 Å². The second kappa shape index (κ2) is 7.08. The molecule has 3 aliphatic rings. The Morgan fingerprint density at radius 1 is 1.33 bits per heavy atom. The molecule has 0 spiro atoms. The molecule has 1 unspecified atom stereocenters. The average Bonchev–Trinajstić information content (AvgIpc) is 2.58. The summed E-state index contributed by atoms with van der Waals surface area (Å²) in [5.74, 6) is -0.214. The Labute approximate surface area is 154 Å². The number of halogens is 2. The van der Waals surface area contributed by atoms with E-state index in [1.165, 1.54) is 0 Å². The number of carbonyl (C=O) groups excluding carboxylic acids is 1. The molecule has 0 amide bonds. The maximum absolute atomic E-state index is 12.2. The van der Waals surface area contributed by atoms with Gasteiger partial charge in [-0.15, -0.1) is 0 Å². The highest BCUT2D eigenvalue weighted by Crippen LogP contribution is 2.60. The van der Waals surface area contributed by atoms with Crippen LogP contribution < -0.4 is 4.74 Å². The van der Waals surface area contributed by atoms with E-state index in [2.05, 4.69) is 0 Å². The van der Waals surface area contributed by atoms with Crippen LogP contribution in [-0.4, -0.2) is 38.5 Å². The molecule has 0 aliphatic carbocycles. The molecule has 1 atom stereocenters. The molecular weight excluding hydrogens is 398 g/mol. The molecule has 3 aliphatic heterocycles. The van der Waals surface area contributed by atoms with E-state index in [4.69, 9.17) is 58.1 Å². The molecule has 1 aromatic rings. The fraction of sp³-hybridized carbons (Fsp3) is 0.500. The van der Waals surface area contributed by atoms with Crippen LogP contribution in [0.5, 0.6) is 5.75 Å². The zero-order valence-corrected chi connectivity index (χ0v) is 15.9. The number of benzene rings is 1. The van der Waals surface area contributed by atoms with Crippen LogP contribution in [0.25, 0.3) is 0 Å². The topological polar surface area (TPSA) is 63.2 Å². The molecule has 10 heteroatoms. The van der Waals surface area contributed by atoms with Gasteiger partial charge in [-0.3, -0.25) is 0 Å². The van der Waals surface area contributed by atoms with Gasteiger partial charge >= 0.3 is 12.7 Å². The van der Waals surface area contributed by atoms with Crippen LogP contribution in [-0.2, 0) is 34.9 Å². The smallest absolute Gasteiger partial charge is 0.347 e. The molecule has 0 radical (unpaired) electrons. The summed E-state index contributed by atoms with van der Waals surface area (Å²) in [7, 11) is 0. The van der Waals surface area contributed by atoms with E-state index < -0.39 is 24.2 Å². The maximum Gasteiger partial charge on any atom is 0.347 e. The Morgan fingerprint density at radius 3 is 2.58 bits per heavy atom. The molecule has 4 rings (SSSR count). The van der Waals surface area contributed by atoms with Gasteiger partial charge in [0.05, 0.1) is 30.3 Å². The number of esters is 1. The predicted molar refractivity (Wildman–Crippen MR) is 92.1 cm³/mol. The normalized spacial score (nSPS) is 30.0. The van der Waals surface area contributed by atoms with Crippen molar-refractivity contribution in [3.63, 3.8) is 0 Å². The molecule has 24 heavy (non-hydrogen) atoms. The van der Waals surface area contributed by atoms with E-state index in [0.717, 1.165) is 0 Å². The highest BCUT2D eigenvalue weighted by Gasteiger charge is 2.48. The van der Waals surface area contributed by atoms with E-state index in [1.54, 1.807) is 25.1 Å². The molecule has 132 valence electrons. The summed E-state index contributed by atoms with van der Waals surface area (Å²) in [5, 5.41) is 0.595. The summed E-state index contributed by atoms with van der Waals surface area (Å²) < 4.78 is 27.1. The van der Waals surface area contributed by atoms with Crippen LogP contribution in [0.1, 0.15) is 6.92 Å². The predicted octanol–water partition coefficient (Wildman–Crippen LogP) is 3.59. The van der Waals surface area contributed by atoms with Crippen molar-refractivity contribution in [2.45, 2.75) is 13.0 Å². The number of rotatable bonds is 5. The van der Waals surface area contributed by atoms with Crippen molar-refractivity contribution >= 4 is 47.7 Å². The molecule has 6 nitrogen and oxygen atoms in total. The third kappa shape index (κ3) is 3.88. The number of hydrogen-bond donors (Lipinski definition) is 0. The third-order valence-corrected chi connectivity index (χ3v) is 6.75. The summed E-state index contributed by atoms with van der Waals surface area (Å²) in [6, 6.07) is 4.94. The summed E-state index contributed by atoms with van der Waals surface area (Å²) in [6.45, 7) is 0.177. The van der Waals surface area contributed by atoms with Crippen molar-refractivity contribution in [1.82, 2.24) is 0 Å². The van der Waals surface area contributed by atoms with Gasteiger partial charge in [-0.25, -0.2) is 4.79 Å². The minimum atomic E-state index is -2.55. The van der Waals surface area contributed by atoms with Gasteiger partial charge in [0.1, 0.15) is 17.4 Å². The van der Waals surface area contributed by atoms with E-state index in [1.807, 2.05) is 0 Å². The minimum absolute atomic E-state index is 0.0954. The first-order valence-electron chi connectivity index (χ1n) is 7.14. The molecule has 0 N–H and O–H groups in total. The zero-order valence-electron chi connectivity index (χ0n) is 12.7. The summed E-state index contributed by atoms with van der Waals surface area (Å²) >= 11 is 17.1. The van der Waals surface area contributed by atoms with Gasteiger partial charge in [0, 0.05) is 0 Å². The number of fused-ring (bicyclic) bond motifs is 3. The number of carbonyl (C=O) groups is 1. The lowest BCUT2D eigenvalue weighted by atomic mass is 9.92. The SMILES string of the molecule is CC(Oc1cccc(Cl)c1Cl)C(=O)OCC12COP(=S)(OC1)OC2. The Balaban J connectivity index is 1.55. The van der Waals surface area contributed by atoms with Gasteiger partial charge in [0.2, 0.25) is 0 Å². The van der Waals surface area contributed by atoms with E-state index >= 15 is 0 Å². The molecular formula is C14H15Cl2O6PS. The van der Waals surface area contributed by atoms with Crippen molar-refractivity contribution in [3.8, 4) is 5.75 Å². The molecule has 2 bridgehead atoms. The lowest BCUT2D eigenvalue weighted by Gasteiger charge is -2.45. The van der Waals surface area contributed by atoms with Gasteiger partial charge in [-0.1, -0.05) is 29.3 Å². The van der Waals surface area contributed by atoms with Crippen LogP contribution in [0.4, 0.5) is 0 Å². The highest BCUT2D eigenvalue weighted by atomic mass is 35.5. The van der Waals surface area contributed by atoms with Gasteiger partial charge in [0.25, 0.3) is 0 Å². The van der Waals surface area contributed by atoms with Crippen molar-refractivity contribution in [2.24, 2.45) is 5.41 Å². The fourth-order valence-electron chi connectivity index (χ4n) is 2.16. The zero-order chi connectivity index (χ0) is 17.4. The minimum Gasteiger partial charge on any atom is -0.477 e. The lowest BCUT2D eigenvalue weighted by Crippen LogP contribution is -2.48. The first kappa shape index (κ1) is 18.4. The molecule has 3 heterocycles. The monoisotopic (exact) mass is 412 g/mol. The number of ether oxygens (including phenoxy) is 2. The molecule has 3 fully saturated rings. The van der Waals surface area contributed by atoms with Crippen molar-refractivity contribution in [3.05, 3.63) is 28.2 Å². The fourth-order valence-corrected chi connectivity index (χ4v) is 4.50. The molecule has 0 saturated carbocycles. The molecule has 1 aromatic carbocycles. The van der Waals surface area contributed by atoms with Crippen LogP contribution >= 0.6 is 29.9 Å². The van der Waals surface area contributed by atoms with Gasteiger partial charge in [0.15, 0.2) is 6.10 Å². The Bertz CT molecular complexity index is 669. The van der Waals surface area contributed by atoms with E-state index in [0.29, 0.717) is 30.6 Å². The van der Waals surface area contributed by atoms with E-state index in [-0.39, 0.29) is 11.6 Å². The van der Waals surface area contributed by atoms with Crippen molar-refractivity contribution in [2.75, 3.05) is 26.4 Å². The first-order chi connectivity index (χ1) is 11.3. The number of hydrogen-bond acceptors (Lipinski definition) is 7. The Hall–Kier alpha value is -0.400. The van der Waals surface area contributed by atoms with Crippen molar-refractivity contribution in [1.29, 1.82) is 0 Å². The Kier molecular flexibility index (Phi) is 5.42. The first-order valence-corrected chi connectivity index (χ1v) is 10.4. The van der Waals surface area contributed by atoms with Crippen LogP contribution in [0.3, 0.4) is 0 Å². The summed E-state index contributed by atoms with van der Waals surface area (Å²) in [4.78, 5) is 12.2. The largest absolute Gasteiger partial charge is 0.477 e. The van der Waals surface area contributed by atoms with Gasteiger partial charge in [-0.05, 0) is 30.9 Å². The van der Waals surface area contributed by atoms with Crippen LogP contribution in [0, 0.1) is 5.41 Å². The van der Waals surface area contributed by atoms with Gasteiger partial charge < -0.3 is 23.0 Å². The summed E-state index contributed by atoms with van der Waals surface area (Å²) in [6.07, 6.45) is -0.849. The van der Waals surface area contributed by atoms with Crippen LogP contribution in [0.15, 0.2) is 18.2 Å².